The Morgan fingerprint density at radius 3 is 3.06 bits per heavy atom. The molecule has 0 amide bonds. The van der Waals surface area contributed by atoms with Crippen LogP contribution in [0, 0.1) is 18.3 Å². The van der Waals surface area contributed by atoms with Gasteiger partial charge in [0.2, 0.25) is 0 Å². The van der Waals surface area contributed by atoms with Crippen LogP contribution in [-0.4, -0.2) is 16.6 Å². The first-order valence-corrected chi connectivity index (χ1v) is 6.52. The molecular weight excluding hydrogens is 246 g/mol. The molecule has 2 rings (SSSR count). The molecule has 18 heavy (non-hydrogen) atoms. The lowest BCUT2D eigenvalue weighted by Gasteiger charge is -2.08. The van der Waals surface area contributed by atoms with Gasteiger partial charge in [0.25, 0.3) is 0 Å². The molecule has 0 unspecified atom stereocenters. The summed E-state index contributed by atoms with van der Waals surface area (Å²) >= 11 is 1.64. The zero-order chi connectivity index (χ0) is 12.8. The number of hydrogen-bond donors (Lipinski definition) is 0. The van der Waals surface area contributed by atoms with Gasteiger partial charge in [-0.25, -0.2) is 4.98 Å². The topological polar surface area (TPSA) is 58.8 Å². The highest BCUT2D eigenvalue weighted by molar-refractivity contribution is 7.09. The second-order valence-electron chi connectivity index (χ2n) is 3.74. The second kappa shape index (κ2) is 6.12. The SMILES string of the molecule is Cc1ncsc1CCOc1cccnc1CC#N. The minimum atomic E-state index is 0.274. The Kier molecular flexibility index (Phi) is 4.26. The van der Waals surface area contributed by atoms with Gasteiger partial charge in [-0.05, 0) is 19.1 Å². The van der Waals surface area contributed by atoms with Crippen LogP contribution in [0.25, 0.3) is 0 Å². The summed E-state index contributed by atoms with van der Waals surface area (Å²) in [6, 6.07) is 5.75. The van der Waals surface area contributed by atoms with Crippen LogP contribution in [0.5, 0.6) is 5.75 Å². The highest BCUT2D eigenvalue weighted by Crippen LogP contribution is 2.17. The summed E-state index contributed by atoms with van der Waals surface area (Å²) in [5.74, 6) is 0.696. The Hall–Kier alpha value is -1.93. The van der Waals surface area contributed by atoms with E-state index in [1.807, 2.05) is 24.6 Å². The fourth-order valence-corrected chi connectivity index (χ4v) is 2.34. The molecule has 0 spiro atoms. The molecule has 5 heteroatoms. The minimum absolute atomic E-state index is 0.274. The van der Waals surface area contributed by atoms with Crippen molar-refractivity contribution in [2.45, 2.75) is 19.8 Å². The lowest BCUT2D eigenvalue weighted by atomic mass is 10.2. The van der Waals surface area contributed by atoms with E-state index in [0.717, 1.165) is 12.1 Å². The molecule has 0 bridgehead atoms. The smallest absolute Gasteiger partial charge is 0.141 e. The number of aromatic nitrogens is 2. The van der Waals surface area contributed by atoms with Gasteiger partial charge in [-0.3, -0.25) is 4.98 Å². The van der Waals surface area contributed by atoms with Crippen molar-refractivity contribution in [3.8, 4) is 11.8 Å². The molecule has 0 aliphatic rings. The molecule has 0 saturated heterocycles. The van der Waals surface area contributed by atoms with E-state index < -0.39 is 0 Å². The van der Waals surface area contributed by atoms with Gasteiger partial charge >= 0.3 is 0 Å². The fraction of sp³-hybridized carbons (Fsp3) is 0.308. The van der Waals surface area contributed by atoms with Crippen molar-refractivity contribution in [3.05, 3.63) is 40.1 Å². The highest BCUT2D eigenvalue weighted by atomic mass is 32.1. The molecule has 0 aromatic carbocycles. The number of nitriles is 1. The Labute approximate surface area is 110 Å². The van der Waals surface area contributed by atoms with Crippen LogP contribution in [0.4, 0.5) is 0 Å². The monoisotopic (exact) mass is 259 g/mol. The highest BCUT2D eigenvalue weighted by Gasteiger charge is 2.05. The zero-order valence-corrected chi connectivity index (χ0v) is 10.9. The van der Waals surface area contributed by atoms with Gasteiger partial charge in [-0.1, -0.05) is 0 Å². The standard InChI is InChI=1S/C13H13N3OS/c1-10-13(18-9-16-10)5-8-17-12-3-2-7-15-11(12)4-6-14/h2-3,7,9H,4-5,8H2,1H3. The largest absolute Gasteiger partial charge is 0.491 e. The van der Waals surface area contributed by atoms with Gasteiger partial charge < -0.3 is 4.74 Å². The van der Waals surface area contributed by atoms with E-state index >= 15 is 0 Å². The second-order valence-corrected chi connectivity index (χ2v) is 4.68. The van der Waals surface area contributed by atoms with E-state index in [9.17, 15) is 0 Å². The molecule has 2 heterocycles. The van der Waals surface area contributed by atoms with E-state index in [-0.39, 0.29) is 6.42 Å². The molecule has 0 radical (unpaired) electrons. The average Bonchev–Trinajstić information content (AvgIpc) is 2.78. The maximum Gasteiger partial charge on any atom is 0.141 e. The molecule has 0 N–H and O–H groups in total. The maximum atomic E-state index is 8.70. The third-order valence-corrected chi connectivity index (χ3v) is 3.52. The van der Waals surface area contributed by atoms with Gasteiger partial charge in [-0.2, -0.15) is 5.26 Å². The third-order valence-electron chi connectivity index (χ3n) is 2.53. The normalized spacial score (nSPS) is 10.0. The molecular formula is C13H13N3OS. The summed E-state index contributed by atoms with van der Waals surface area (Å²) in [7, 11) is 0. The van der Waals surface area contributed by atoms with Crippen molar-refractivity contribution in [3.63, 3.8) is 0 Å². The van der Waals surface area contributed by atoms with Crippen molar-refractivity contribution >= 4 is 11.3 Å². The Bertz CT molecular complexity index is 559. The van der Waals surface area contributed by atoms with Gasteiger partial charge in [0.05, 0.1) is 36.0 Å². The molecule has 2 aromatic rings. The first-order valence-electron chi connectivity index (χ1n) is 5.64. The molecule has 2 aromatic heterocycles. The number of thiazole rings is 1. The van der Waals surface area contributed by atoms with Crippen LogP contribution in [-0.2, 0) is 12.8 Å². The number of rotatable bonds is 5. The van der Waals surface area contributed by atoms with Gasteiger partial charge in [-0.15, -0.1) is 11.3 Å². The summed E-state index contributed by atoms with van der Waals surface area (Å²) in [5, 5.41) is 8.70. The average molecular weight is 259 g/mol. The molecule has 0 aliphatic carbocycles. The number of aryl methyl sites for hydroxylation is 1. The van der Waals surface area contributed by atoms with Gasteiger partial charge in [0, 0.05) is 17.5 Å². The van der Waals surface area contributed by atoms with Crippen molar-refractivity contribution in [1.82, 2.24) is 9.97 Å². The van der Waals surface area contributed by atoms with Gasteiger partial charge in [0.1, 0.15) is 5.75 Å². The summed E-state index contributed by atoms with van der Waals surface area (Å²) in [5.41, 5.74) is 3.60. The van der Waals surface area contributed by atoms with Crippen molar-refractivity contribution < 1.29 is 4.74 Å². The zero-order valence-electron chi connectivity index (χ0n) is 10.1. The Morgan fingerprint density at radius 1 is 1.44 bits per heavy atom. The van der Waals surface area contributed by atoms with Crippen LogP contribution in [0.1, 0.15) is 16.3 Å². The lowest BCUT2D eigenvalue weighted by molar-refractivity contribution is 0.318. The molecule has 4 nitrogen and oxygen atoms in total. The minimum Gasteiger partial charge on any atom is -0.491 e. The Balaban J connectivity index is 1.94. The first kappa shape index (κ1) is 12.5. The van der Waals surface area contributed by atoms with E-state index in [2.05, 4.69) is 16.0 Å². The van der Waals surface area contributed by atoms with Gasteiger partial charge in [0.15, 0.2) is 0 Å². The molecule has 92 valence electrons. The quantitative estimate of drug-likeness (QED) is 0.828. The Morgan fingerprint density at radius 2 is 2.33 bits per heavy atom. The molecule has 0 fully saturated rings. The van der Waals surface area contributed by atoms with Crippen LogP contribution < -0.4 is 4.74 Å². The molecule has 0 saturated carbocycles. The summed E-state index contributed by atoms with van der Waals surface area (Å²) in [6.07, 6.45) is 2.78. The van der Waals surface area contributed by atoms with Crippen molar-refractivity contribution in [2.24, 2.45) is 0 Å². The van der Waals surface area contributed by atoms with Crippen LogP contribution in [0.3, 0.4) is 0 Å². The van der Waals surface area contributed by atoms with Crippen LogP contribution in [0.2, 0.25) is 0 Å². The third kappa shape index (κ3) is 3.05. The number of nitrogens with zero attached hydrogens (tertiary/aromatic N) is 3. The molecule has 0 atom stereocenters. The lowest BCUT2D eigenvalue weighted by Crippen LogP contribution is -2.04. The number of ether oxygens (including phenoxy) is 1. The summed E-state index contributed by atoms with van der Waals surface area (Å²) < 4.78 is 5.68. The number of hydrogen-bond acceptors (Lipinski definition) is 5. The fourth-order valence-electron chi connectivity index (χ4n) is 1.58. The van der Waals surface area contributed by atoms with Crippen molar-refractivity contribution in [1.29, 1.82) is 5.26 Å². The molecule has 0 aliphatic heterocycles. The van der Waals surface area contributed by atoms with Crippen molar-refractivity contribution in [2.75, 3.05) is 6.61 Å². The van der Waals surface area contributed by atoms with Crippen LogP contribution in [0.15, 0.2) is 23.8 Å². The number of pyridine rings is 1. The maximum absolute atomic E-state index is 8.70. The summed E-state index contributed by atoms with van der Waals surface area (Å²) in [4.78, 5) is 9.58. The van der Waals surface area contributed by atoms with Crippen LogP contribution >= 0.6 is 11.3 Å². The first-order chi connectivity index (χ1) is 8.81. The van der Waals surface area contributed by atoms with E-state index in [1.54, 1.807) is 17.5 Å². The predicted octanol–water partition coefficient (Wildman–Crippen LogP) is 2.53. The van der Waals surface area contributed by atoms with E-state index in [0.29, 0.717) is 18.1 Å². The predicted molar refractivity (Wildman–Crippen MR) is 69.6 cm³/mol. The van der Waals surface area contributed by atoms with E-state index in [1.165, 1.54) is 4.88 Å². The van der Waals surface area contributed by atoms with E-state index in [4.69, 9.17) is 10.00 Å². The summed E-state index contributed by atoms with van der Waals surface area (Å²) in [6.45, 7) is 2.57.